The summed E-state index contributed by atoms with van der Waals surface area (Å²) >= 11 is 0. The van der Waals surface area contributed by atoms with Gasteiger partial charge < -0.3 is 10.2 Å². The lowest BCUT2D eigenvalue weighted by Crippen LogP contribution is -2.38. The highest BCUT2D eigenvalue weighted by Crippen LogP contribution is 2.34. The summed E-state index contributed by atoms with van der Waals surface area (Å²) < 4.78 is 5.84. The van der Waals surface area contributed by atoms with Crippen molar-refractivity contribution in [3.8, 4) is 0 Å². The average Bonchev–Trinajstić information content (AvgIpc) is 3.10. The summed E-state index contributed by atoms with van der Waals surface area (Å²) in [7, 11) is 0. The van der Waals surface area contributed by atoms with E-state index in [4.69, 9.17) is 10.2 Å². The van der Waals surface area contributed by atoms with Crippen LogP contribution in [0.25, 0.3) is 0 Å². The second-order valence-electron chi connectivity index (χ2n) is 6.14. The van der Waals surface area contributed by atoms with Crippen LogP contribution < -0.4 is 5.73 Å². The van der Waals surface area contributed by atoms with Crippen LogP contribution in [-0.2, 0) is 0 Å². The third-order valence-electron chi connectivity index (χ3n) is 4.43. The van der Waals surface area contributed by atoms with E-state index in [-0.39, 0.29) is 12.1 Å². The minimum atomic E-state index is 0.0603. The summed E-state index contributed by atoms with van der Waals surface area (Å²) in [6.07, 6.45) is 1.19. The Labute approximate surface area is 126 Å². The molecule has 21 heavy (non-hydrogen) atoms. The average molecular weight is 284 g/mol. The first kappa shape index (κ1) is 14.4. The van der Waals surface area contributed by atoms with Gasteiger partial charge in [-0.2, -0.15) is 0 Å². The van der Waals surface area contributed by atoms with Crippen LogP contribution in [0.1, 0.15) is 42.4 Å². The van der Waals surface area contributed by atoms with Crippen LogP contribution in [-0.4, -0.2) is 24.0 Å². The Hall–Kier alpha value is -1.58. The van der Waals surface area contributed by atoms with Gasteiger partial charge in [0, 0.05) is 12.6 Å². The van der Waals surface area contributed by atoms with Crippen LogP contribution >= 0.6 is 0 Å². The summed E-state index contributed by atoms with van der Waals surface area (Å²) in [5, 5.41) is 0. The maximum absolute atomic E-state index is 6.24. The lowest BCUT2D eigenvalue weighted by Gasteiger charge is -2.29. The third kappa shape index (κ3) is 3.04. The SMILES string of the molecule is Cc1ccc(C(C(C)N)N2CCC(c3ccccc3)C2)o1. The molecule has 0 radical (unpaired) electrons. The predicted octanol–water partition coefficient (Wildman–Crippen LogP) is 3.47. The molecular weight excluding hydrogens is 260 g/mol. The van der Waals surface area contributed by atoms with Crippen molar-refractivity contribution >= 4 is 0 Å². The van der Waals surface area contributed by atoms with E-state index in [2.05, 4.69) is 48.2 Å². The Kier molecular flexibility index (Phi) is 4.13. The number of aryl methyl sites for hydroxylation is 1. The molecule has 0 saturated carbocycles. The van der Waals surface area contributed by atoms with Crippen LogP contribution in [0.4, 0.5) is 0 Å². The highest BCUT2D eigenvalue weighted by Gasteiger charge is 2.33. The van der Waals surface area contributed by atoms with Gasteiger partial charge in [0.15, 0.2) is 0 Å². The van der Waals surface area contributed by atoms with E-state index in [1.807, 2.05) is 13.0 Å². The molecule has 0 bridgehead atoms. The molecule has 1 aromatic heterocycles. The summed E-state index contributed by atoms with van der Waals surface area (Å²) in [6.45, 7) is 6.18. The molecule has 1 fully saturated rings. The molecule has 3 atom stereocenters. The minimum Gasteiger partial charge on any atom is -0.465 e. The summed E-state index contributed by atoms with van der Waals surface area (Å²) in [5.74, 6) is 2.55. The molecule has 3 heteroatoms. The molecule has 3 rings (SSSR count). The first-order valence-electron chi connectivity index (χ1n) is 7.76. The molecule has 2 N–H and O–H groups in total. The highest BCUT2D eigenvalue weighted by atomic mass is 16.3. The topological polar surface area (TPSA) is 42.4 Å². The smallest absolute Gasteiger partial charge is 0.122 e. The zero-order valence-electron chi connectivity index (χ0n) is 12.8. The molecule has 0 spiro atoms. The largest absolute Gasteiger partial charge is 0.465 e. The minimum absolute atomic E-state index is 0.0603. The van der Waals surface area contributed by atoms with E-state index in [1.165, 1.54) is 12.0 Å². The maximum Gasteiger partial charge on any atom is 0.122 e. The molecule has 3 nitrogen and oxygen atoms in total. The Bertz CT molecular complexity index is 576. The van der Waals surface area contributed by atoms with Crippen molar-refractivity contribution in [2.24, 2.45) is 5.73 Å². The summed E-state index contributed by atoms with van der Waals surface area (Å²) in [5.41, 5.74) is 7.67. The molecule has 1 aliphatic rings. The number of furan rings is 1. The van der Waals surface area contributed by atoms with Crippen molar-refractivity contribution in [2.45, 2.75) is 38.3 Å². The van der Waals surface area contributed by atoms with Crippen LogP contribution in [0.15, 0.2) is 46.9 Å². The second-order valence-corrected chi connectivity index (χ2v) is 6.14. The van der Waals surface area contributed by atoms with Crippen LogP contribution in [0.5, 0.6) is 0 Å². The van der Waals surface area contributed by atoms with Gasteiger partial charge in [-0.1, -0.05) is 30.3 Å². The van der Waals surface area contributed by atoms with Gasteiger partial charge in [-0.25, -0.2) is 0 Å². The van der Waals surface area contributed by atoms with E-state index >= 15 is 0 Å². The van der Waals surface area contributed by atoms with Gasteiger partial charge in [0.05, 0.1) is 6.04 Å². The fourth-order valence-corrected chi connectivity index (χ4v) is 3.42. The number of nitrogens with two attached hydrogens (primary N) is 1. The van der Waals surface area contributed by atoms with Gasteiger partial charge in [0.1, 0.15) is 11.5 Å². The molecular formula is C18H24N2O. The number of likely N-dealkylation sites (tertiary alicyclic amines) is 1. The Balaban J connectivity index is 1.77. The quantitative estimate of drug-likeness (QED) is 0.935. The van der Waals surface area contributed by atoms with E-state index in [0.717, 1.165) is 24.6 Å². The highest BCUT2D eigenvalue weighted by molar-refractivity contribution is 5.22. The summed E-state index contributed by atoms with van der Waals surface area (Å²) in [6, 6.07) is 15.1. The molecule has 0 aliphatic carbocycles. The van der Waals surface area contributed by atoms with Crippen molar-refractivity contribution in [1.29, 1.82) is 0 Å². The zero-order valence-corrected chi connectivity index (χ0v) is 12.8. The fourth-order valence-electron chi connectivity index (χ4n) is 3.42. The van der Waals surface area contributed by atoms with Crippen molar-refractivity contribution in [2.75, 3.05) is 13.1 Å². The van der Waals surface area contributed by atoms with Gasteiger partial charge in [0.25, 0.3) is 0 Å². The molecule has 1 saturated heterocycles. The van der Waals surface area contributed by atoms with E-state index in [9.17, 15) is 0 Å². The van der Waals surface area contributed by atoms with Crippen molar-refractivity contribution in [3.63, 3.8) is 0 Å². The Morgan fingerprint density at radius 2 is 1.95 bits per heavy atom. The van der Waals surface area contributed by atoms with E-state index in [0.29, 0.717) is 5.92 Å². The number of hydrogen-bond acceptors (Lipinski definition) is 3. The maximum atomic E-state index is 6.24. The molecule has 1 aliphatic heterocycles. The second kappa shape index (κ2) is 6.04. The molecule has 0 amide bonds. The van der Waals surface area contributed by atoms with Crippen molar-refractivity contribution in [3.05, 3.63) is 59.5 Å². The monoisotopic (exact) mass is 284 g/mol. The van der Waals surface area contributed by atoms with E-state index in [1.54, 1.807) is 0 Å². The van der Waals surface area contributed by atoms with Gasteiger partial charge in [-0.3, -0.25) is 4.90 Å². The predicted molar refractivity (Wildman–Crippen MR) is 85.2 cm³/mol. The molecule has 2 aromatic rings. The lowest BCUT2D eigenvalue weighted by atomic mass is 9.98. The number of benzene rings is 1. The third-order valence-corrected chi connectivity index (χ3v) is 4.43. The molecule has 2 heterocycles. The van der Waals surface area contributed by atoms with Crippen molar-refractivity contribution in [1.82, 2.24) is 4.90 Å². The Morgan fingerprint density at radius 3 is 2.57 bits per heavy atom. The standard InChI is InChI=1S/C18H24N2O/c1-13-8-9-17(21-13)18(14(2)19)20-11-10-16(12-20)15-6-4-3-5-7-15/h3-9,14,16,18H,10-12,19H2,1-2H3. The fraction of sp³-hybridized carbons (Fsp3) is 0.444. The molecule has 112 valence electrons. The van der Waals surface area contributed by atoms with E-state index < -0.39 is 0 Å². The van der Waals surface area contributed by atoms with Crippen molar-refractivity contribution < 1.29 is 4.42 Å². The lowest BCUT2D eigenvalue weighted by molar-refractivity contribution is 0.187. The summed E-state index contributed by atoms with van der Waals surface area (Å²) in [4.78, 5) is 2.47. The normalized spacial score (nSPS) is 22.3. The van der Waals surface area contributed by atoms with Gasteiger partial charge in [-0.15, -0.1) is 0 Å². The Morgan fingerprint density at radius 1 is 1.19 bits per heavy atom. The zero-order chi connectivity index (χ0) is 14.8. The van der Waals surface area contributed by atoms with Crippen LogP contribution in [0, 0.1) is 6.92 Å². The molecule has 1 aromatic carbocycles. The van der Waals surface area contributed by atoms with Gasteiger partial charge >= 0.3 is 0 Å². The number of nitrogens with zero attached hydrogens (tertiary/aromatic N) is 1. The van der Waals surface area contributed by atoms with Gasteiger partial charge in [-0.05, 0) is 50.4 Å². The van der Waals surface area contributed by atoms with Crippen LogP contribution in [0.2, 0.25) is 0 Å². The van der Waals surface area contributed by atoms with Gasteiger partial charge in [0.2, 0.25) is 0 Å². The van der Waals surface area contributed by atoms with Crippen LogP contribution in [0.3, 0.4) is 0 Å². The number of hydrogen-bond donors (Lipinski definition) is 1. The first-order chi connectivity index (χ1) is 10.1. The number of rotatable bonds is 4. The first-order valence-corrected chi connectivity index (χ1v) is 7.76. The molecule has 3 unspecified atom stereocenters.